The van der Waals surface area contributed by atoms with E-state index in [-0.39, 0.29) is 19.5 Å². The van der Waals surface area contributed by atoms with E-state index in [2.05, 4.69) is 0 Å². The zero-order chi connectivity index (χ0) is 16.6. The number of alkyl halides is 2. The van der Waals surface area contributed by atoms with Crippen molar-refractivity contribution in [2.45, 2.75) is 45.6 Å². The molecule has 0 aromatic rings. The van der Waals surface area contributed by atoms with E-state index in [1.807, 2.05) is 0 Å². The zero-order valence-electron chi connectivity index (χ0n) is 13.5. The molecule has 0 N–H and O–H groups in total. The van der Waals surface area contributed by atoms with Gasteiger partial charge in [0.25, 0.3) is 5.92 Å². The number of amides is 2. The first-order valence-corrected chi connectivity index (χ1v) is 6.88. The van der Waals surface area contributed by atoms with Gasteiger partial charge in [-0.3, -0.25) is 4.79 Å². The van der Waals surface area contributed by atoms with Crippen LogP contribution < -0.4 is 0 Å². The standard InChI is InChI=1S/C14H24F2N2O3/c1-12(2,3)21-11(20)18-8-7-14(9-18,13(4,15)16)10(19)17(5)6/h7-9H2,1-6H3. The second kappa shape index (κ2) is 5.42. The summed E-state index contributed by atoms with van der Waals surface area (Å²) in [5.74, 6) is -3.88. The molecule has 0 aliphatic carbocycles. The van der Waals surface area contributed by atoms with Gasteiger partial charge in [-0.2, -0.15) is 0 Å². The third-order valence-corrected chi connectivity index (χ3v) is 3.58. The Bertz CT molecular complexity index is 427. The molecule has 1 aliphatic rings. The maximum Gasteiger partial charge on any atom is 0.410 e. The van der Waals surface area contributed by atoms with Crippen molar-refractivity contribution in [2.24, 2.45) is 5.41 Å². The van der Waals surface area contributed by atoms with Gasteiger partial charge in [-0.15, -0.1) is 0 Å². The number of likely N-dealkylation sites (tertiary alicyclic amines) is 1. The average Bonchev–Trinajstić information content (AvgIpc) is 2.70. The van der Waals surface area contributed by atoms with Gasteiger partial charge in [-0.05, 0) is 27.2 Å². The van der Waals surface area contributed by atoms with Crippen molar-refractivity contribution in [1.29, 1.82) is 0 Å². The van der Waals surface area contributed by atoms with Crippen LogP contribution in [0.5, 0.6) is 0 Å². The summed E-state index contributed by atoms with van der Waals surface area (Å²) in [4.78, 5) is 26.6. The van der Waals surface area contributed by atoms with E-state index in [1.54, 1.807) is 20.8 Å². The van der Waals surface area contributed by atoms with Gasteiger partial charge < -0.3 is 14.5 Å². The van der Waals surface area contributed by atoms with E-state index in [9.17, 15) is 18.4 Å². The second-order valence-corrected chi connectivity index (χ2v) is 6.82. The van der Waals surface area contributed by atoms with Crippen LogP contribution in [0.2, 0.25) is 0 Å². The van der Waals surface area contributed by atoms with Crippen molar-refractivity contribution < 1.29 is 23.1 Å². The Morgan fingerprint density at radius 3 is 2.10 bits per heavy atom. The number of halogens is 2. The predicted molar refractivity (Wildman–Crippen MR) is 74.2 cm³/mol. The SMILES string of the molecule is CN(C)C(=O)C1(C(C)(F)F)CCN(C(=O)OC(C)(C)C)C1. The van der Waals surface area contributed by atoms with Crippen molar-refractivity contribution in [3.63, 3.8) is 0 Å². The lowest BCUT2D eigenvalue weighted by atomic mass is 9.79. The number of carbonyl (C=O) groups excluding carboxylic acids is 2. The maximum atomic E-state index is 14.0. The number of carbonyl (C=O) groups is 2. The van der Waals surface area contributed by atoms with Crippen LogP contribution >= 0.6 is 0 Å². The van der Waals surface area contributed by atoms with E-state index in [4.69, 9.17) is 4.74 Å². The number of nitrogens with zero attached hydrogens (tertiary/aromatic N) is 2. The van der Waals surface area contributed by atoms with Crippen molar-refractivity contribution in [3.05, 3.63) is 0 Å². The van der Waals surface area contributed by atoms with Crippen LogP contribution in [0.4, 0.5) is 13.6 Å². The van der Waals surface area contributed by atoms with Crippen LogP contribution in [0, 0.1) is 5.41 Å². The van der Waals surface area contributed by atoms with Gasteiger partial charge >= 0.3 is 6.09 Å². The van der Waals surface area contributed by atoms with Crippen molar-refractivity contribution in [2.75, 3.05) is 27.2 Å². The quantitative estimate of drug-likeness (QED) is 0.787. The number of hydrogen-bond donors (Lipinski definition) is 0. The van der Waals surface area contributed by atoms with E-state index in [0.29, 0.717) is 0 Å². The molecule has 0 bridgehead atoms. The summed E-state index contributed by atoms with van der Waals surface area (Å²) in [6, 6.07) is 0. The topological polar surface area (TPSA) is 49.9 Å². The third-order valence-electron chi connectivity index (χ3n) is 3.58. The fourth-order valence-corrected chi connectivity index (χ4v) is 2.44. The highest BCUT2D eigenvalue weighted by Gasteiger charge is 2.60. The van der Waals surface area contributed by atoms with Gasteiger partial charge in [-0.1, -0.05) is 0 Å². The highest BCUT2D eigenvalue weighted by atomic mass is 19.3. The Labute approximate surface area is 124 Å². The van der Waals surface area contributed by atoms with Crippen LogP contribution in [-0.4, -0.2) is 60.5 Å². The predicted octanol–water partition coefficient (Wildman–Crippen LogP) is 2.36. The second-order valence-electron chi connectivity index (χ2n) is 6.82. The first kappa shape index (κ1) is 17.7. The minimum atomic E-state index is -3.22. The van der Waals surface area contributed by atoms with E-state index in [1.165, 1.54) is 19.0 Å². The van der Waals surface area contributed by atoms with Crippen LogP contribution in [-0.2, 0) is 9.53 Å². The van der Waals surface area contributed by atoms with Crippen LogP contribution in [0.3, 0.4) is 0 Å². The molecule has 1 rings (SSSR count). The summed E-state index contributed by atoms with van der Waals surface area (Å²) >= 11 is 0. The molecular formula is C14H24F2N2O3. The lowest BCUT2D eigenvalue weighted by Gasteiger charge is -2.35. The summed E-state index contributed by atoms with van der Waals surface area (Å²) in [6.07, 6.45) is -0.743. The summed E-state index contributed by atoms with van der Waals surface area (Å²) in [5, 5.41) is 0. The molecule has 1 unspecified atom stereocenters. The fraction of sp³-hybridized carbons (Fsp3) is 0.857. The van der Waals surface area contributed by atoms with Crippen LogP contribution in [0.1, 0.15) is 34.1 Å². The van der Waals surface area contributed by atoms with Crippen molar-refractivity contribution in [3.8, 4) is 0 Å². The molecule has 2 amide bonds. The Hall–Kier alpha value is -1.40. The molecule has 0 saturated carbocycles. The average molecular weight is 306 g/mol. The normalized spacial score (nSPS) is 23.1. The zero-order valence-corrected chi connectivity index (χ0v) is 13.5. The molecule has 0 spiro atoms. The molecule has 1 saturated heterocycles. The van der Waals surface area contributed by atoms with Gasteiger partial charge in [0.05, 0.1) is 0 Å². The Morgan fingerprint density at radius 1 is 1.19 bits per heavy atom. The molecule has 1 aliphatic heterocycles. The molecule has 1 heterocycles. The Balaban J connectivity index is 2.98. The molecule has 7 heteroatoms. The van der Waals surface area contributed by atoms with Crippen LogP contribution in [0.15, 0.2) is 0 Å². The smallest absolute Gasteiger partial charge is 0.410 e. The van der Waals surface area contributed by atoms with Gasteiger partial charge in [0.15, 0.2) is 0 Å². The van der Waals surface area contributed by atoms with E-state index in [0.717, 1.165) is 11.8 Å². The molecular weight excluding hydrogens is 282 g/mol. The summed E-state index contributed by atoms with van der Waals surface area (Å²) in [5.41, 5.74) is -2.59. The molecule has 21 heavy (non-hydrogen) atoms. The summed E-state index contributed by atoms with van der Waals surface area (Å²) in [6.45, 7) is 5.59. The Kier molecular flexibility index (Phi) is 4.56. The van der Waals surface area contributed by atoms with E-state index >= 15 is 0 Å². The van der Waals surface area contributed by atoms with Gasteiger partial charge in [0.2, 0.25) is 5.91 Å². The molecule has 1 atom stereocenters. The van der Waals surface area contributed by atoms with Gasteiger partial charge in [0.1, 0.15) is 11.0 Å². The summed E-state index contributed by atoms with van der Waals surface area (Å²) < 4.78 is 33.3. The van der Waals surface area contributed by atoms with E-state index < -0.39 is 28.9 Å². The fourth-order valence-electron chi connectivity index (χ4n) is 2.44. The number of rotatable bonds is 2. The molecule has 0 aromatic carbocycles. The first-order chi connectivity index (χ1) is 9.30. The molecule has 122 valence electrons. The third kappa shape index (κ3) is 3.63. The highest BCUT2D eigenvalue weighted by Crippen LogP contribution is 2.45. The molecule has 5 nitrogen and oxygen atoms in total. The van der Waals surface area contributed by atoms with Crippen molar-refractivity contribution in [1.82, 2.24) is 9.80 Å². The number of hydrogen-bond acceptors (Lipinski definition) is 3. The Morgan fingerprint density at radius 2 is 1.71 bits per heavy atom. The molecule has 0 radical (unpaired) electrons. The minimum Gasteiger partial charge on any atom is -0.444 e. The highest BCUT2D eigenvalue weighted by molar-refractivity contribution is 5.85. The first-order valence-electron chi connectivity index (χ1n) is 6.88. The number of ether oxygens (including phenoxy) is 1. The van der Waals surface area contributed by atoms with Gasteiger partial charge in [0, 0.05) is 34.1 Å². The van der Waals surface area contributed by atoms with Gasteiger partial charge in [-0.25, -0.2) is 13.6 Å². The minimum absolute atomic E-state index is 0.0766. The molecule has 0 aromatic heterocycles. The molecule has 1 fully saturated rings. The lowest BCUT2D eigenvalue weighted by Crippen LogP contribution is -2.53. The lowest BCUT2D eigenvalue weighted by molar-refractivity contribution is -0.163. The van der Waals surface area contributed by atoms with Crippen molar-refractivity contribution >= 4 is 12.0 Å². The largest absolute Gasteiger partial charge is 0.444 e. The maximum absolute atomic E-state index is 14.0. The monoisotopic (exact) mass is 306 g/mol. The summed E-state index contributed by atoms with van der Waals surface area (Å²) in [7, 11) is 2.87. The van der Waals surface area contributed by atoms with Crippen LogP contribution in [0.25, 0.3) is 0 Å².